The van der Waals surface area contributed by atoms with Crippen LogP contribution in [0.5, 0.6) is 5.75 Å². The van der Waals surface area contributed by atoms with Crippen LogP contribution in [0.2, 0.25) is 0 Å². The Morgan fingerprint density at radius 2 is 2.00 bits per heavy atom. The lowest BCUT2D eigenvalue weighted by atomic mass is 9.95. The number of ether oxygens (including phenoxy) is 1. The topological polar surface area (TPSA) is 9.23 Å². The van der Waals surface area contributed by atoms with E-state index in [2.05, 4.69) is 0 Å². The van der Waals surface area contributed by atoms with Crippen molar-refractivity contribution in [1.29, 1.82) is 0 Å². The van der Waals surface area contributed by atoms with E-state index in [9.17, 15) is 13.2 Å². The summed E-state index contributed by atoms with van der Waals surface area (Å²) in [7, 11) is 6.80. The summed E-state index contributed by atoms with van der Waals surface area (Å²) >= 11 is -0.197. The average Bonchev–Trinajstić information content (AvgIpc) is 2.06. The molecule has 0 aliphatic rings. The zero-order chi connectivity index (χ0) is 10.8. The first kappa shape index (κ1) is 11.3. The quantitative estimate of drug-likeness (QED) is 0.555. The number of hydrogen-bond donors (Lipinski definition) is 0. The third kappa shape index (κ3) is 3.18. The van der Waals surface area contributed by atoms with Gasteiger partial charge in [0.05, 0.1) is 7.11 Å². The van der Waals surface area contributed by atoms with Gasteiger partial charge in [0.25, 0.3) is 0 Å². The molecule has 1 aromatic carbocycles. The summed E-state index contributed by atoms with van der Waals surface area (Å²) in [5, 5.41) is 0. The molecule has 74 valence electrons. The molecule has 1 nitrogen and oxygen atoms in total. The van der Waals surface area contributed by atoms with E-state index in [-0.39, 0.29) is 22.4 Å². The van der Waals surface area contributed by atoms with Gasteiger partial charge in [0.1, 0.15) is 13.6 Å². The summed E-state index contributed by atoms with van der Waals surface area (Å²) in [6.45, 7) is 0. The second kappa shape index (κ2) is 4.17. The number of thioether (sulfide) groups is 1. The number of alkyl halides is 3. The Balaban J connectivity index is 2.90. The molecule has 0 aromatic heterocycles. The Hall–Kier alpha value is -0.775. The highest BCUT2D eigenvalue weighted by Crippen LogP contribution is 2.37. The van der Waals surface area contributed by atoms with Crippen LogP contribution in [0.3, 0.4) is 0 Å². The molecule has 1 aromatic rings. The molecule has 0 N–H and O–H groups in total. The van der Waals surface area contributed by atoms with Crippen LogP contribution in [0.25, 0.3) is 0 Å². The van der Waals surface area contributed by atoms with E-state index in [1.807, 2.05) is 0 Å². The molecule has 0 saturated heterocycles. The first-order valence-electron chi connectivity index (χ1n) is 3.61. The zero-order valence-electron chi connectivity index (χ0n) is 7.26. The van der Waals surface area contributed by atoms with Crippen molar-refractivity contribution in [2.75, 3.05) is 7.11 Å². The molecule has 0 spiro atoms. The van der Waals surface area contributed by atoms with E-state index < -0.39 is 5.51 Å². The lowest BCUT2D eigenvalue weighted by molar-refractivity contribution is -0.0328. The molecule has 6 heteroatoms. The number of halogens is 3. The number of hydrogen-bond acceptors (Lipinski definition) is 2. The molecule has 1 rings (SSSR count). The second-order valence-corrected chi connectivity index (χ2v) is 3.59. The molecule has 0 bridgehead atoms. The fraction of sp³-hybridized carbons (Fsp3) is 0.250. The Morgan fingerprint density at radius 3 is 2.50 bits per heavy atom. The molecule has 0 aliphatic carbocycles. The summed E-state index contributed by atoms with van der Waals surface area (Å²) in [6, 6.07) is 3.94. The largest absolute Gasteiger partial charge is 0.497 e. The standard InChI is InChI=1S/C8H6BF3OS/c1-13-7-4-5(2-3-6(7)9)14-8(10,11)12/h2-4H,1H3. The minimum Gasteiger partial charge on any atom is -0.497 e. The predicted molar refractivity (Wildman–Crippen MR) is 50.3 cm³/mol. The third-order valence-corrected chi connectivity index (χ3v) is 2.16. The molecule has 0 aliphatic heterocycles. The highest BCUT2D eigenvalue weighted by molar-refractivity contribution is 8.00. The maximum atomic E-state index is 12.0. The fourth-order valence-corrected chi connectivity index (χ4v) is 1.46. The molecular formula is C8H6BF3OS. The van der Waals surface area contributed by atoms with Crippen LogP contribution in [0.1, 0.15) is 0 Å². The van der Waals surface area contributed by atoms with Crippen molar-refractivity contribution in [3.05, 3.63) is 18.2 Å². The SMILES string of the molecule is [B]c1ccc(SC(F)(F)F)cc1OC. The number of benzene rings is 1. The normalized spacial score (nSPS) is 11.4. The van der Waals surface area contributed by atoms with Gasteiger partial charge in [0.15, 0.2) is 0 Å². The minimum absolute atomic E-state index is 0.0588. The van der Waals surface area contributed by atoms with Crippen LogP contribution in [-0.4, -0.2) is 20.5 Å². The van der Waals surface area contributed by atoms with Gasteiger partial charge in [0, 0.05) is 4.90 Å². The average molecular weight is 218 g/mol. The van der Waals surface area contributed by atoms with E-state index >= 15 is 0 Å². The summed E-state index contributed by atoms with van der Waals surface area (Å²) in [5.74, 6) is 0.249. The summed E-state index contributed by atoms with van der Waals surface area (Å²) in [5.41, 5.74) is -3.97. The van der Waals surface area contributed by atoms with Crippen LogP contribution in [0.4, 0.5) is 13.2 Å². The van der Waals surface area contributed by atoms with Gasteiger partial charge in [0.2, 0.25) is 0 Å². The van der Waals surface area contributed by atoms with Crippen molar-refractivity contribution in [1.82, 2.24) is 0 Å². The molecule has 0 amide bonds. The lowest BCUT2D eigenvalue weighted by Gasteiger charge is -2.09. The lowest BCUT2D eigenvalue weighted by Crippen LogP contribution is -2.07. The van der Waals surface area contributed by atoms with E-state index in [4.69, 9.17) is 12.6 Å². The molecular weight excluding hydrogens is 212 g/mol. The van der Waals surface area contributed by atoms with Crippen LogP contribution in [0, 0.1) is 0 Å². The van der Waals surface area contributed by atoms with Crippen molar-refractivity contribution in [2.24, 2.45) is 0 Å². The van der Waals surface area contributed by atoms with Gasteiger partial charge < -0.3 is 4.74 Å². The van der Waals surface area contributed by atoms with Gasteiger partial charge in [-0.25, -0.2) is 0 Å². The van der Waals surface area contributed by atoms with Crippen molar-refractivity contribution < 1.29 is 17.9 Å². The van der Waals surface area contributed by atoms with Crippen molar-refractivity contribution in [3.63, 3.8) is 0 Å². The van der Waals surface area contributed by atoms with Gasteiger partial charge in [-0.2, -0.15) is 13.2 Å². The van der Waals surface area contributed by atoms with E-state index in [1.54, 1.807) is 0 Å². The predicted octanol–water partition coefficient (Wildman–Crippen LogP) is 2.10. The smallest absolute Gasteiger partial charge is 0.446 e. The Morgan fingerprint density at radius 1 is 1.36 bits per heavy atom. The molecule has 14 heavy (non-hydrogen) atoms. The van der Waals surface area contributed by atoms with Crippen molar-refractivity contribution >= 4 is 25.1 Å². The summed E-state index contributed by atoms with van der Waals surface area (Å²) in [4.78, 5) is 0.0588. The summed E-state index contributed by atoms with van der Waals surface area (Å²) in [6.07, 6.45) is 0. The second-order valence-electron chi connectivity index (χ2n) is 2.45. The summed E-state index contributed by atoms with van der Waals surface area (Å²) < 4.78 is 40.7. The van der Waals surface area contributed by atoms with Crippen LogP contribution < -0.4 is 10.2 Å². The molecule has 0 unspecified atom stereocenters. The van der Waals surface area contributed by atoms with Crippen molar-refractivity contribution in [3.8, 4) is 5.75 Å². The Bertz CT molecular complexity index is 327. The van der Waals surface area contributed by atoms with E-state index in [1.165, 1.54) is 25.3 Å². The molecule has 2 radical (unpaired) electrons. The number of methoxy groups -OCH3 is 1. The molecule has 0 heterocycles. The first-order valence-corrected chi connectivity index (χ1v) is 4.43. The highest BCUT2D eigenvalue weighted by atomic mass is 32.2. The van der Waals surface area contributed by atoms with Crippen LogP contribution in [-0.2, 0) is 0 Å². The molecule has 0 atom stereocenters. The van der Waals surface area contributed by atoms with E-state index in [0.29, 0.717) is 5.46 Å². The Kier molecular flexibility index (Phi) is 3.36. The first-order chi connectivity index (χ1) is 6.42. The van der Waals surface area contributed by atoms with Gasteiger partial charge in [-0.15, -0.1) is 0 Å². The molecule has 0 fully saturated rings. The maximum Gasteiger partial charge on any atom is 0.446 e. The maximum absolute atomic E-state index is 12.0. The van der Waals surface area contributed by atoms with Gasteiger partial charge in [-0.05, 0) is 23.9 Å². The third-order valence-electron chi connectivity index (χ3n) is 1.44. The van der Waals surface area contributed by atoms with Crippen LogP contribution in [0.15, 0.2) is 23.1 Å². The highest BCUT2D eigenvalue weighted by Gasteiger charge is 2.29. The van der Waals surface area contributed by atoms with E-state index in [0.717, 1.165) is 0 Å². The van der Waals surface area contributed by atoms with Gasteiger partial charge >= 0.3 is 5.51 Å². The monoisotopic (exact) mass is 218 g/mol. The van der Waals surface area contributed by atoms with Crippen molar-refractivity contribution in [2.45, 2.75) is 10.4 Å². The van der Waals surface area contributed by atoms with Gasteiger partial charge in [-0.3, -0.25) is 0 Å². The van der Waals surface area contributed by atoms with Crippen LogP contribution >= 0.6 is 11.8 Å². The Labute approximate surface area is 85.0 Å². The van der Waals surface area contributed by atoms with Gasteiger partial charge in [-0.1, -0.05) is 11.5 Å². The molecule has 0 saturated carbocycles. The number of rotatable bonds is 2. The zero-order valence-corrected chi connectivity index (χ0v) is 8.08. The minimum atomic E-state index is -4.29. The fourth-order valence-electron chi connectivity index (χ4n) is 0.889.